The number of hydrogen-bond donors (Lipinski definition) is 1. The molecule has 0 radical (unpaired) electrons. The van der Waals surface area contributed by atoms with Gasteiger partial charge in [-0.05, 0) is 25.1 Å². The molecule has 0 fully saturated rings. The Balaban J connectivity index is 2.18. The lowest BCUT2D eigenvalue weighted by Gasteiger charge is -2.01. The Kier molecular flexibility index (Phi) is 2.67. The van der Waals surface area contributed by atoms with Crippen molar-refractivity contribution in [3.05, 3.63) is 41.8 Å². The van der Waals surface area contributed by atoms with E-state index >= 15 is 0 Å². The Morgan fingerprint density at radius 1 is 1.26 bits per heavy atom. The number of anilines is 1. The minimum absolute atomic E-state index is 0.160. The highest BCUT2D eigenvalue weighted by atomic mass is 19.1. The van der Waals surface area contributed by atoms with Crippen LogP contribution in [0.15, 0.2) is 34.9 Å². The maximum Gasteiger partial charge on any atom is 0.223 e. The van der Waals surface area contributed by atoms with E-state index in [0.717, 1.165) is 17.1 Å². The fourth-order valence-electron chi connectivity index (χ4n) is 1.94. The van der Waals surface area contributed by atoms with Gasteiger partial charge in [0, 0.05) is 12.4 Å². The molecular formula is C14H12FN3O. The predicted octanol–water partition coefficient (Wildman–Crippen LogP) is 3.38. The molecule has 0 unspecified atom stereocenters. The number of aromatic nitrogens is 2. The first kappa shape index (κ1) is 11.6. The van der Waals surface area contributed by atoms with E-state index in [0.29, 0.717) is 17.3 Å². The number of aryl methyl sites for hydroxylation is 1. The van der Waals surface area contributed by atoms with Crippen molar-refractivity contribution in [1.29, 1.82) is 0 Å². The number of halogens is 1. The van der Waals surface area contributed by atoms with Gasteiger partial charge in [0.15, 0.2) is 11.6 Å². The number of hydrogen-bond acceptors (Lipinski definition) is 4. The molecule has 3 rings (SSSR count). The van der Waals surface area contributed by atoms with Gasteiger partial charge in [0.2, 0.25) is 5.95 Å². The van der Waals surface area contributed by atoms with E-state index in [9.17, 15) is 4.39 Å². The minimum Gasteiger partial charge on any atom is -0.454 e. The Labute approximate surface area is 109 Å². The lowest BCUT2D eigenvalue weighted by Crippen LogP contribution is -1.99. The summed E-state index contributed by atoms with van der Waals surface area (Å²) in [5.74, 6) is 0.250. The number of benzene rings is 1. The SMILES string of the molecule is CNc1ncc(F)c(-c2cc3cc(C)ccc3o2)n1. The second kappa shape index (κ2) is 4.35. The monoisotopic (exact) mass is 257 g/mol. The summed E-state index contributed by atoms with van der Waals surface area (Å²) in [5.41, 5.74) is 2.00. The molecule has 0 saturated carbocycles. The van der Waals surface area contributed by atoms with Crippen LogP contribution in [0.25, 0.3) is 22.4 Å². The van der Waals surface area contributed by atoms with E-state index in [1.54, 1.807) is 13.1 Å². The van der Waals surface area contributed by atoms with Crippen LogP contribution in [0.4, 0.5) is 10.3 Å². The summed E-state index contributed by atoms with van der Waals surface area (Å²) in [6.45, 7) is 2.00. The van der Waals surface area contributed by atoms with E-state index in [-0.39, 0.29) is 5.69 Å². The maximum atomic E-state index is 13.8. The van der Waals surface area contributed by atoms with Crippen molar-refractivity contribution in [2.45, 2.75) is 6.92 Å². The number of nitrogens with one attached hydrogen (secondary N) is 1. The molecule has 5 heteroatoms. The molecule has 0 aliphatic rings. The van der Waals surface area contributed by atoms with Crippen LogP contribution in [0.5, 0.6) is 0 Å². The van der Waals surface area contributed by atoms with Crippen molar-refractivity contribution in [1.82, 2.24) is 9.97 Å². The average molecular weight is 257 g/mol. The van der Waals surface area contributed by atoms with Gasteiger partial charge in [0.05, 0.1) is 6.20 Å². The number of nitrogens with zero attached hydrogens (tertiary/aromatic N) is 2. The van der Waals surface area contributed by atoms with Gasteiger partial charge in [-0.3, -0.25) is 0 Å². The summed E-state index contributed by atoms with van der Waals surface area (Å²) in [7, 11) is 1.68. The van der Waals surface area contributed by atoms with Gasteiger partial charge < -0.3 is 9.73 Å². The first-order chi connectivity index (χ1) is 9.17. The van der Waals surface area contributed by atoms with Crippen molar-refractivity contribution in [2.24, 2.45) is 0 Å². The topological polar surface area (TPSA) is 51.0 Å². The molecule has 0 spiro atoms. The zero-order valence-electron chi connectivity index (χ0n) is 10.6. The molecule has 0 atom stereocenters. The highest BCUT2D eigenvalue weighted by Gasteiger charge is 2.14. The maximum absolute atomic E-state index is 13.8. The third-order valence-corrected chi connectivity index (χ3v) is 2.87. The van der Waals surface area contributed by atoms with Crippen LogP contribution in [0.1, 0.15) is 5.56 Å². The molecule has 0 aliphatic heterocycles. The van der Waals surface area contributed by atoms with Gasteiger partial charge in [0.25, 0.3) is 0 Å². The zero-order valence-corrected chi connectivity index (χ0v) is 10.6. The normalized spacial score (nSPS) is 10.9. The number of rotatable bonds is 2. The quantitative estimate of drug-likeness (QED) is 0.764. The Morgan fingerprint density at radius 2 is 2.11 bits per heavy atom. The smallest absolute Gasteiger partial charge is 0.223 e. The lowest BCUT2D eigenvalue weighted by atomic mass is 10.2. The molecule has 2 aromatic heterocycles. The fraction of sp³-hybridized carbons (Fsp3) is 0.143. The Morgan fingerprint density at radius 3 is 2.89 bits per heavy atom. The van der Waals surface area contributed by atoms with E-state index in [2.05, 4.69) is 15.3 Å². The van der Waals surface area contributed by atoms with Gasteiger partial charge >= 0.3 is 0 Å². The summed E-state index contributed by atoms with van der Waals surface area (Å²) in [6.07, 6.45) is 1.13. The van der Waals surface area contributed by atoms with E-state index in [1.807, 2.05) is 25.1 Å². The highest BCUT2D eigenvalue weighted by Crippen LogP contribution is 2.29. The first-order valence-corrected chi connectivity index (χ1v) is 5.88. The molecule has 0 amide bonds. The molecule has 3 aromatic rings. The number of furan rings is 1. The molecular weight excluding hydrogens is 245 g/mol. The van der Waals surface area contributed by atoms with Crippen molar-refractivity contribution >= 4 is 16.9 Å². The predicted molar refractivity (Wildman–Crippen MR) is 71.5 cm³/mol. The van der Waals surface area contributed by atoms with Gasteiger partial charge in [-0.15, -0.1) is 0 Å². The molecule has 1 N–H and O–H groups in total. The van der Waals surface area contributed by atoms with Crippen molar-refractivity contribution in [3.8, 4) is 11.5 Å². The first-order valence-electron chi connectivity index (χ1n) is 5.88. The Hall–Kier alpha value is -2.43. The fourth-order valence-corrected chi connectivity index (χ4v) is 1.94. The third-order valence-electron chi connectivity index (χ3n) is 2.87. The van der Waals surface area contributed by atoms with Crippen LogP contribution in [-0.2, 0) is 0 Å². The lowest BCUT2D eigenvalue weighted by molar-refractivity contribution is 0.590. The highest BCUT2D eigenvalue weighted by molar-refractivity contribution is 5.82. The second-order valence-corrected chi connectivity index (χ2v) is 4.29. The van der Waals surface area contributed by atoms with Gasteiger partial charge in [-0.25, -0.2) is 14.4 Å². The van der Waals surface area contributed by atoms with Crippen LogP contribution < -0.4 is 5.32 Å². The molecule has 96 valence electrons. The summed E-state index contributed by atoms with van der Waals surface area (Å²) in [5, 5.41) is 3.71. The molecule has 19 heavy (non-hydrogen) atoms. The summed E-state index contributed by atoms with van der Waals surface area (Å²) >= 11 is 0. The molecule has 4 nitrogen and oxygen atoms in total. The molecule has 0 bridgehead atoms. The van der Waals surface area contributed by atoms with Crippen LogP contribution >= 0.6 is 0 Å². The summed E-state index contributed by atoms with van der Waals surface area (Å²) < 4.78 is 19.4. The Bertz CT molecular complexity index is 752. The minimum atomic E-state index is -0.505. The average Bonchev–Trinajstić information content (AvgIpc) is 2.82. The molecule has 0 aliphatic carbocycles. The zero-order chi connectivity index (χ0) is 13.4. The largest absolute Gasteiger partial charge is 0.454 e. The van der Waals surface area contributed by atoms with Crippen LogP contribution in [0.3, 0.4) is 0 Å². The summed E-state index contributed by atoms with van der Waals surface area (Å²) in [4.78, 5) is 7.90. The van der Waals surface area contributed by atoms with E-state index in [4.69, 9.17) is 4.42 Å². The number of fused-ring (bicyclic) bond motifs is 1. The van der Waals surface area contributed by atoms with Crippen LogP contribution in [-0.4, -0.2) is 17.0 Å². The van der Waals surface area contributed by atoms with Crippen molar-refractivity contribution < 1.29 is 8.81 Å². The summed E-state index contributed by atoms with van der Waals surface area (Å²) in [6, 6.07) is 7.59. The molecule has 1 aromatic carbocycles. The van der Waals surface area contributed by atoms with Gasteiger partial charge in [0.1, 0.15) is 11.3 Å². The van der Waals surface area contributed by atoms with Crippen molar-refractivity contribution in [2.75, 3.05) is 12.4 Å². The van der Waals surface area contributed by atoms with Gasteiger partial charge in [-0.2, -0.15) is 0 Å². The van der Waals surface area contributed by atoms with Crippen molar-refractivity contribution in [3.63, 3.8) is 0 Å². The molecule has 0 saturated heterocycles. The van der Waals surface area contributed by atoms with Gasteiger partial charge in [-0.1, -0.05) is 11.6 Å². The van der Waals surface area contributed by atoms with E-state index < -0.39 is 5.82 Å². The third kappa shape index (κ3) is 2.03. The second-order valence-electron chi connectivity index (χ2n) is 4.29. The van der Waals surface area contributed by atoms with Crippen LogP contribution in [0.2, 0.25) is 0 Å². The molecule has 2 heterocycles. The van der Waals surface area contributed by atoms with Crippen LogP contribution in [0, 0.1) is 12.7 Å². The standard InChI is InChI=1S/C14H12FN3O/c1-8-3-4-11-9(5-8)6-12(19-11)13-10(15)7-17-14(16-2)18-13/h3-7H,1-2H3,(H,16,17,18). The van der Waals surface area contributed by atoms with E-state index in [1.165, 1.54) is 0 Å².